The van der Waals surface area contributed by atoms with Gasteiger partial charge in [-0.3, -0.25) is 0 Å². The summed E-state index contributed by atoms with van der Waals surface area (Å²) in [6.45, 7) is -0.204. The number of hydrogen-bond acceptors (Lipinski definition) is 4. The van der Waals surface area contributed by atoms with Crippen molar-refractivity contribution < 1.29 is 23.6 Å². The van der Waals surface area contributed by atoms with E-state index in [4.69, 9.17) is 0 Å². The van der Waals surface area contributed by atoms with Crippen molar-refractivity contribution in [1.82, 2.24) is 0 Å². The van der Waals surface area contributed by atoms with Gasteiger partial charge in [-0.15, -0.1) is 0 Å². The summed E-state index contributed by atoms with van der Waals surface area (Å²) in [5.74, 6) is -1.20. The summed E-state index contributed by atoms with van der Waals surface area (Å²) in [5, 5.41) is 12.5. The van der Waals surface area contributed by atoms with E-state index in [0.717, 1.165) is 5.41 Å². The summed E-state index contributed by atoms with van der Waals surface area (Å²) in [6, 6.07) is -0.270. The van der Waals surface area contributed by atoms with E-state index in [-0.39, 0.29) is 18.3 Å². The molecule has 1 atom stereocenters. The fourth-order valence-electron chi connectivity index (χ4n) is 0.994. The van der Waals surface area contributed by atoms with Gasteiger partial charge >= 0.3 is 0 Å². The predicted octanol–water partition coefficient (Wildman–Crippen LogP) is -3.39. The van der Waals surface area contributed by atoms with Gasteiger partial charge in [-0.1, -0.05) is 0 Å². The third-order valence-electron chi connectivity index (χ3n) is 1.55. The highest BCUT2D eigenvalue weighted by molar-refractivity contribution is 7.94. The number of aliphatic carboxylic acids is 1. The zero-order valence-corrected chi connectivity index (χ0v) is 7.08. The Morgan fingerprint density at radius 1 is 1.67 bits per heavy atom. The summed E-state index contributed by atoms with van der Waals surface area (Å²) in [4.78, 5) is 10.0. The first-order valence-corrected chi connectivity index (χ1v) is 5.15. The third-order valence-corrected chi connectivity index (χ3v) is 2.97. The molecule has 1 rings (SSSR count). The van der Waals surface area contributed by atoms with Crippen molar-refractivity contribution in [3.63, 3.8) is 0 Å². The minimum Gasteiger partial charge on any atom is -0.544 e. The largest absolute Gasteiger partial charge is 0.544 e. The lowest BCUT2D eigenvalue weighted by Crippen LogP contribution is -2.92. The molecule has 6 heteroatoms. The number of sulfone groups is 1. The Morgan fingerprint density at radius 3 is 2.75 bits per heavy atom. The van der Waals surface area contributed by atoms with Gasteiger partial charge in [0.2, 0.25) is 0 Å². The van der Waals surface area contributed by atoms with E-state index in [9.17, 15) is 18.3 Å². The van der Waals surface area contributed by atoms with Crippen LogP contribution in [0.15, 0.2) is 11.5 Å². The molecule has 1 heterocycles. The number of carboxylic acid groups (broad SMARTS) is 1. The molecule has 0 amide bonds. The molecule has 0 aromatic rings. The summed E-state index contributed by atoms with van der Waals surface area (Å²) < 4.78 is 21.6. The highest BCUT2D eigenvalue weighted by atomic mass is 32.2. The number of hydrogen-bond donors (Lipinski definition) is 1. The van der Waals surface area contributed by atoms with E-state index >= 15 is 0 Å². The van der Waals surface area contributed by atoms with Gasteiger partial charge in [-0.05, 0) is 6.08 Å². The molecule has 68 valence electrons. The van der Waals surface area contributed by atoms with Gasteiger partial charge in [-0.25, -0.2) is 8.42 Å². The molecule has 0 unspecified atom stereocenters. The highest BCUT2D eigenvalue weighted by Crippen LogP contribution is 2.03. The zero-order chi connectivity index (χ0) is 9.19. The van der Waals surface area contributed by atoms with Crippen LogP contribution in [0, 0.1) is 0 Å². The average molecular weight is 191 g/mol. The molecule has 0 aromatic heterocycles. The lowest BCUT2D eigenvalue weighted by Gasteiger charge is -2.05. The molecular weight excluding hydrogens is 182 g/mol. The molecule has 12 heavy (non-hydrogen) atoms. The molecule has 0 fully saturated rings. The Kier molecular flexibility index (Phi) is 2.49. The van der Waals surface area contributed by atoms with Gasteiger partial charge in [0.15, 0.2) is 9.84 Å². The minimum absolute atomic E-state index is 0.0136. The summed E-state index contributed by atoms with van der Waals surface area (Å²) in [6.07, 6.45) is 1.48. The van der Waals surface area contributed by atoms with Crippen molar-refractivity contribution in [1.29, 1.82) is 0 Å². The molecule has 0 aliphatic carbocycles. The SMILES string of the molecule is O=C([O-])C[NH2+][C@@H]1C=CS(=O)(=O)C1. The number of carboxylic acids is 1. The number of nitrogens with two attached hydrogens (primary N) is 1. The van der Waals surface area contributed by atoms with E-state index in [1.54, 1.807) is 0 Å². The second kappa shape index (κ2) is 3.24. The van der Waals surface area contributed by atoms with Crippen LogP contribution in [0.3, 0.4) is 0 Å². The van der Waals surface area contributed by atoms with Gasteiger partial charge in [0.05, 0.1) is 5.97 Å². The lowest BCUT2D eigenvalue weighted by molar-refractivity contribution is -0.669. The molecule has 0 saturated heterocycles. The number of carbonyl (C=O) groups excluding carboxylic acids is 1. The molecule has 0 aromatic carbocycles. The number of carbonyl (C=O) groups is 1. The molecule has 5 nitrogen and oxygen atoms in total. The lowest BCUT2D eigenvalue weighted by atomic mass is 10.3. The maximum atomic E-state index is 10.8. The van der Waals surface area contributed by atoms with Crippen LogP contribution in [0.1, 0.15) is 0 Å². The van der Waals surface area contributed by atoms with Gasteiger partial charge in [0.25, 0.3) is 0 Å². The van der Waals surface area contributed by atoms with Gasteiger partial charge in [0, 0.05) is 5.41 Å². The number of rotatable bonds is 3. The van der Waals surface area contributed by atoms with Crippen molar-refractivity contribution in [2.45, 2.75) is 6.04 Å². The first-order chi connectivity index (χ1) is 5.49. The third kappa shape index (κ3) is 2.63. The number of quaternary nitrogens is 1. The van der Waals surface area contributed by atoms with Crippen LogP contribution >= 0.6 is 0 Å². The Bertz CT molecular complexity index is 306. The first-order valence-electron chi connectivity index (χ1n) is 3.44. The summed E-state index contributed by atoms with van der Waals surface area (Å²) in [5.41, 5.74) is 0. The second-order valence-electron chi connectivity index (χ2n) is 2.63. The van der Waals surface area contributed by atoms with Crippen molar-refractivity contribution in [3.8, 4) is 0 Å². The van der Waals surface area contributed by atoms with Crippen molar-refractivity contribution >= 4 is 15.8 Å². The van der Waals surface area contributed by atoms with Crippen LogP contribution < -0.4 is 10.4 Å². The van der Waals surface area contributed by atoms with E-state index in [2.05, 4.69) is 0 Å². The quantitative estimate of drug-likeness (QED) is 0.503. The Labute approximate surface area is 70.0 Å². The maximum absolute atomic E-state index is 10.8. The van der Waals surface area contributed by atoms with Crippen LogP contribution in [0.25, 0.3) is 0 Å². The molecule has 0 spiro atoms. The normalized spacial score (nSPS) is 25.8. The van der Waals surface area contributed by atoms with E-state index < -0.39 is 15.8 Å². The molecule has 0 saturated carbocycles. The zero-order valence-electron chi connectivity index (χ0n) is 6.26. The van der Waals surface area contributed by atoms with E-state index in [1.807, 2.05) is 0 Å². The molecule has 1 aliphatic rings. The second-order valence-corrected chi connectivity index (χ2v) is 4.56. The molecular formula is C6H9NO4S. The van der Waals surface area contributed by atoms with Crippen LogP contribution in [-0.2, 0) is 14.6 Å². The first kappa shape index (κ1) is 9.21. The summed E-state index contributed by atoms with van der Waals surface area (Å²) in [7, 11) is -3.07. The van der Waals surface area contributed by atoms with Crippen LogP contribution in [0.4, 0.5) is 0 Å². The topological polar surface area (TPSA) is 90.9 Å². The molecule has 2 N–H and O–H groups in total. The fourth-order valence-corrected chi connectivity index (χ4v) is 2.33. The van der Waals surface area contributed by atoms with Gasteiger partial charge in [-0.2, -0.15) is 0 Å². The molecule has 1 aliphatic heterocycles. The van der Waals surface area contributed by atoms with Crippen LogP contribution in [0.5, 0.6) is 0 Å². The summed E-state index contributed by atoms with van der Waals surface area (Å²) >= 11 is 0. The van der Waals surface area contributed by atoms with E-state index in [1.165, 1.54) is 11.4 Å². The Morgan fingerprint density at radius 2 is 2.33 bits per heavy atom. The van der Waals surface area contributed by atoms with Crippen LogP contribution in [-0.4, -0.2) is 32.7 Å². The van der Waals surface area contributed by atoms with Crippen molar-refractivity contribution in [2.75, 3.05) is 12.3 Å². The fraction of sp³-hybridized carbons (Fsp3) is 0.500. The monoisotopic (exact) mass is 191 g/mol. The smallest absolute Gasteiger partial charge is 0.177 e. The average Bonchev–Trinajstić information content (AvgIpc) is 2.26. The maximum Gasteiger partial charge on any atom is 0.177 e. The van der Waals surface area contributed by atoms with Crippen molar-refractivity contribution in [2.24, 2.45) is 0 Å². The van der Waals surface area contributed by atoms with E-state index in [0.29, 0.717) is 0 Å². The predicted molar refractivity (Wildman–Crippen MR) is 38.5 cm³/mol. The Balaban J connectivity index is 2.40. The highest BCUT2D eigenvalue weighted by Gasteiger charge is 2.23. The Hall–Kier alpha value is -0.880. The molecule has 0 radical (unpaired) electrons. The van der Waals surface area contributed by atoms with Gasteiger partial charge in [0.1, 0.15) is 18.3 Å². The van der Waals surface area contributed by atoms with Crippen molar-refractivity contribution in [3.05, 3.63) is 11.5 Å². The van der Waals surface area contributed by atoms with Gasteiger partial charge < -0.3 is 15.2 Å². The minimum atomic E-state index is -3.07. The molecule has 0 bridgehead atoms. The van der Waals surface area contributed by atoms with Crippen LogP contribution in [0.2, 0.25) is 0 Å². The standard InChI is InChI=1S/C6H9NO4S/c8-6(9)3-7-5-1-2-12(10,11)4-5/h1-2,5,7H,3-4H2,(H,8,9)/t5-/m1/s1.